The zero-order chi connectivity index (χ0) is 16.2. The highest BCUT2D eigenvalue weighted by molar-refractivity contribution is 7.98. The van der Waals surface area contributed by atoms with Crippen LogP contribution >= 0.6 is 23.4 Å². The van der Waals surface area contributed by atoms with Gasteiger partial charge in [-0.2, -0.15) is 0 Å². The third kappa shape index (κ3) is 3.57. The molecule has 0 N–H and O–H groups in total. The Bertz CT molecular complexity index is 802. The third-order valence-electron chi connectivity index (χ3n) is 3.45. The van der Waals surface area contributed by atoms with Gasteiger partial charge in [-0.3, -0.25) is 0 Å². The second kappa shape index (κ2) is 7.15. The van der Waals surface area contributed by atoms with Gasteiger partial charge in [-0.05, 0) is 42.8 Å². The van der Waals surface area contributed by atoms with Crippen molar-refractivity contribution in [2.75, 3.05) is 0 Å². The van der Waals surface area contributed by atoms with Crippen molar-refractivity contribution in [3.05, 3.63) is 64.9 Å². The predicted molar refractivity (Wildman–Crippen MR) is 92.1 cm³/mol. The molecule has 3 aromatic rings. The third-order valence-corrected chi connectivity index (χ3v) is 4.72. The summed E-state index contributed by atoms with van der Waals surface area (Å²) in [5.41, 5.74) is 1.62. The van der Waals surface area contributed by atoms with Gasteiger partial charge in [-0.25, -0.2) is 4.39 Å². The number of benzene rings is 2. The Kier molecular flexibility index (Phi) is 4.98. The molecule has 0 amide bonds. The molecule has 3 nitrogen and oxygen atoms in total. The summed E-state index contributed by atoms with van der Waals surface area (Å²) < 4.78 is 15.7. The maximum absolute atomic E-state index is 13.7. The topological polar surface area (TPSA) is 30.7 Å². The van der Waals surface area contributed by atoms with E-state index in [-0.39, 0.29) is 5.82 Å². The molecule has 1 aromatic heterocycles. The molecule has 0 aliphatic heterocycles. The van der Waals surface area contributed by atoms with E-state index in [2.05, 4.69) is 10.2 Å². The van der Waals surface area contributed by atoms with E-state index in [0.717, 1.165) is 23.1 Å². The highest BCUT2D eigenvalue weighted by Gasteiger charge is 2.13. The summed E-state index contributed by atoms with van der Waals surface area (Å²) in [6.45, 7) is 2.78. The van der Waals surface area contributed by atoms with Crippen LogP contribution in [0.15, 0.2) is 53.7 Å². The van der Waals surface area contributed by atoms with Crippen molar-refractivity contribution in [2.24, 2.45) is 0 Å². The van der Waals surface area contributed by atoms with Gasteiger partial charge in [0.15, 0.2) is 11.0 Å². The van der Waals surface area contributed by atoms with E-state index in [9.17, 15) is 4.39 Å². The van der Waals surface area contributed by atoms with Crippen LogP contribution < -0.4 is 0 Å². The summed E-state index contributed by atoms with van der Waals surface area (Å²) in [6, 6.07) is 14.3. The van der Waals surface area contributed by atoms with Crippen LogP contribution in [0.4, 0.5) is 4.39 Å². The average Bonchev–Trinajstić information content (AvgIpc) is 2.97. The zero-order valence-corrected chi connectivity index (χ0v) is 14.1. The second-order valence-corrected chi connectivity index (χ2v) is 6.32. The van der Waals surface area contributed by atoms with Gasteiger partial charge in [0.1, 0.15) is 5.82 Å². The SMILES string of the molecule is CCn1c(SCc2ccccc2F)nnc1-c1ccc(Cl)cc1. The lowest BCUT2D eigenvalue weighted by Gasteiger charge is -2.08. The number of halogens is 2. The van der Waals surface area contributed by atoms with E-state index < -0.39 is 0 Å². The molecule has 0 atom stereocenters. The van der Waals surface area contributed by atoms with E-state index in [1.54, 1.807) is 12.1 Å². The van der Waals surface area contributed by atoms with E-state index >= 15 is 0 Å². The highest BCUT2D eigenvalue weighted by Crippen LogP contribution is 2.27. The average molecular weight is 348 g/mol. The maximum atomic E-state index is 13.7. The van der Waals surface area contributed by atoms with Crippen molar-refractivity contribution in [3.8, 4) is 11.4 Å². The first-order chi connectivity index (χ1) is 11.2. The van der Waals surface area contributed by atoms with Crippen molar-refractivity contribution in [1.29, 1.82) is 0 Å². The van der Waals surface area contributed by atoms with Gasteiger partial charge in [-0.15, -0.1) is 10.2 Å². The molecule has 0 radical (unpaired) electrons. The minimum atomic E-state index is -0.194. The molecule has 0 saturated heterocycles. The first-order valence-electron chi connectivity index (χ1n) is 7.24. The molecule has 0 aliphatic rings. The van der Waals surface area contributed by atoms with Crippen LogP contribution in [0.2, 0.25) is 5.02 Å². The van der Waals surface area contributed by atoms with Gasteiger partial charge in [-0.1, -0.05) is 41.6 Å². The molecule has 3 rings (SSSR count). The van der Waals surface area contributed by atoms with Crippen LogP contribution in [0.3, 0.4) is 0 Å². The summed E-state index contributed by atoms with van der Waals surface area (Å²) in [6.07, 6.45) is 0. The molecule has 0 fully saturated rings. The van der Waals surface area contributed by atoms with Crippen LogP contribution in [-0.4, -0.2) is 14.8 Å². The summed E-state index contributed by atoms with van der Waals surface area (Å²) in [5, 5.41) is 9.99. The Labute approximate surface area is 143 Å². The minimum absolute atomic E-state index is 0.194. The monoisotopic (exact) mass is 347 g/mol. The molecule has 0 aliphatic carbocycles. The van der Waals surface area contributed by atoms with E-state index in [0.29, 0.717) is 16.3 Å². The Morgan fingerprint density at radius 3 is 2.52 bits per heavy atom. The second-order valence-electron chi connectivity index (χ2n) is 4.94. The Hall–Kier alpha value is -1.85. The molecular formula is C17H15ClFN3S. The van der Waals surface area contributed by atoms with Crippen molar-refractivity contribution in [1.82, 2.24) is 14.8 Å². The highest BCUT2D eigenvalue weighted by atomic mass is 35.5. The van der Waals surface area contributed by atoms with Gasteiger partial charge in [0, 0.05) is 22.9 Å². The summed E-state index contributed by atoms with van der Waals surface area (Å²) >= 11 is 7.41. The maximum Gasteiger partial charge on any atom is 0.191 e. The lowest BCUT2D eigenvalue weighted by Crippen LogP contribution is -2.00. The van der Waals surface area contributed by atoms with E-state index in [4.69, 9.17) is 11.6 Å². The largest absolute Gasteiger partial charge is 0.302 e. The minimum Gasteiger partial charge on any atom is -0.302 e. The van der Waals surface area contributed by atoms with Gasteiger partial charge >= 0.3 is 0 Å². The number of aromatic nitrogens is 3. The number of hydrogen-bond acceptors (Lipinski definition) is 3. The normalized spacial score (nSPS) is 10.9. The molecule has 23 heavy (non-hydrogen) atoms. The molecule has 0 spiro atoms. The first-order valence-corrected chi connectivity index (χ1v) is 8.60. The van der Waals surface area contributed by atoms with Crippen LogP contribution in [0.25, 0.3) is 11.4 Å². The Morgan fingerprint density at radius 1 is 1.09 bits per heavy atom. The molecule has 0 bridgehead atoms. The van der Waals surface area contributed by atoms with Crippen LogP contribution in [0.1, 0.15) is 12.5 Å². The Balaban J connectivity index is 1.84. The standard InChI is InChI=1S/C17H15ClFN3S/c1-2-22-16(12-7-9-14(18)10-8-12)20-21-17(22)23-11-13-5-3-4-6-15(13)19/h3-10H,2,11H2,1H3. The Morgan fingerprint density at radius 2 is 1.83 bits per heavy atom. The quantitative estimate of drug-likeness (QED) is 0.605. The zero-order valence-electron chi connectivity index (χ0n) is 12.5. The van der Waals surface area contributed by atoms with Gasteiger partial charge in [0.2, 0.25) is 0 Å². The fraction of sp³-hybridized carbons (Fsp3) is 0.176. The van der Waals surface area contributed by atoms with Crippen molar-refractivity contribution < 1.29 is 4.39 Å². The molecule has 1 heterocycles. The molecule has 118 valence electrons. The molecule has 0 unspecified atom stereocenters. The number of thioether (sulfide) groups is 1. The summed E-state index contributed by atoms with van der Waals surface area (Å²) in [5.74, 6) is 1.12. The van der Waals surface area contributed by atoms with Gasteiger partial charge < -0.3 is 4.57 Å². The smallest absolute Gasteiger partial charge is 0.191 e. The van der Waals surface area contributed by atoms with E-state index in [1.807, 2.05) is 41.8 Å². The molecule has 0 saturated carbocycles. The van der Waals surface area contributed by atoms with Crippen molar-refractivity contribution >= 4 is 23.4 Å². The van der Waals surface area contributed by atoms with Crippen molar-refractivity contribution in [2.45, 2.75) is 24.4 Å². The predicted octanol–water partition coefficient (Wildman–Crippen LogP) is 5.05. The van der Waals surface area contributed by atoms with Crippen molar-refractivity contribution in [3.63, 3.8) is 0 Å². The number of hydrogen-bond donors (Lipinski definition) is 0. The lowest BCUT2D eigenvalue weighted by atomic mass is 10.2. The van der Waals surface area contributed by atoms with Crippen LogP contribution in [-0.2, 0) is 12.3 Å². The number of nitrogens with zero attached hydrogens (tertiary/aromatic N) is 3. The fourth-order valence-corrected chi connectivity index (χ4v) is 3.37. The van der Waals surface area contributed by atoms with Gasteiger partial charge in [0.25, 0.3) is 0 Å². The summed E-state index contributed by atoms with van der Waals surface area (Å²) in [7, 11) is 0. The lowest BCUT2D eigenvalue weighted by molar-refractivity contribution is 0.617. The fourth-order valence-electron chi connectivity index (χ4n) is 2.25. The number of rotatable bonds is 5. The van der Waals surface area contributed by atoms with Gasteiger partial charge in [0.05, 0.1) is 0 Å². The van der Waals surface area contributed by atoms with E-state index in [1.165, 1.54) is 17.8 Å². The summed E-state index contributed by atoms with van der Waals surface area (Å²) in [4.78, 5) is 0. The molecular weight excluding hydrogens is 333 g/mol. The first kappa shape index (κ1) is 16.0. The van der Waals surface area contributed by atoms with Crippen LogP contribution in [0.5, 0.6) is 0 Å². The van der Waals surface area contributed by atoms with Crippen LogP contribution in [0, 0.1) is 5.82 Å². The molecule has 2 aromatic carbocycles. The molecule has 6 heteroatoms.